The molecule has 0 bridgehead atoms. The Morgan fingerprint density at radius 3 is 2.35 bits per heavy atom. The molecule has 0 spiro atoms. The highest BCUT2D eigenvalue weighted by Gasteiger charge is 2.13. The minimum Gasteiger partial charge on any atom is -0.350 e. The Bertz CT molecular complexity index is 502. The van der Waals surface area contributed by atoms with Crippen LogP contribution in [-0.4, -0.2) is 23.9 Å². The zero-order chi connectivity index (χ0) is 15.2. The van der Waals surface area contributed by atoms with Gasteiger partial charge in [-0.2, -0.15) is 0 Å². The van der Waals surface area contributed by atoms with Crippen LogP contribution in [0.25, 0.3) is 6.08 Å². The van der Waals surface area contributed by atoms with E-state index >= 15 is 0 Å². The van der Waals surface area contributed by atoms with Crippen molar-refractivity contribution in [2.45, 2.75) is 26.3 Å². The van der Waals surface area contributed by atoms with E-state index < -0.39 is 0 Å². The van der Waals surface area contributed by atoms with E-state index in [1.165, 1.54) is 6.08 Å². The zero-order valence-electron chi connectivity index (χ0n) is 11.9. The van der Waals surface area contributed by atoms with Gasteiger partial charge in [-0.3, -0.25) is 9.59 Å². The fourth-order valence-electron chi connectivity index (χ4n) is 1.43. The lowest BCUT2D eigenvalue weighted by molar-refractivity contribution is -0.124. The van der Waals surface area contributed by atoms with Gasteiger partial charge < -0.3 is 10.6 Å². The summed E-state index contributed by atoms with van der Waals surface area (Å²) in [4.78, 5) is 23.1. The van der Waals surface area contributed by atoms with Crippen LogP contribution in [0, 0.1) is 0 Å². The molecular weight excluding hydrogens is 276 g/mol. The summed E-state index contributed by atoms with van der Waals surface area (Å²) in [7, 11) is 0. The average Bonchev–Trinajstić information content (AvgIpc) is 2.33. The summed E-state index contributed by atoms with van der Waals surface area (Å²) in [6.45, 7) is 5.61. The first kappa shape index (κ1) is 16.2. The first-order valence-corrected chi connectivity index (χ1v) is 6.66. The van der Waals surface area contributed by atoms with Crippen LogP contribution in [0.15, 0.2) is 30.3 Å². The molecule has 0 aliphatic carbocycles. The topological polar surface area (TPSA) is 58.2 Å². The van der Waals surface area contributed by atoms with Crippen molar-refractivity contribution < 1.29 is 9.59 Å². The maximum absolute atomic E-state index is 11.5. The number of hydrogen-bond donors (Lipinski definition) is 2. The summed E-state index contributed by atoms with van der Waals surface area (Å²) in [5.41, 5.74) is 0.560. The SMILES string of the molecule is CC(C)(C)NC(=O)CNC(=O)/C=C/c1ccc(Cl)cc1. The van der Waals surface area contributed by atoms with Crippen LogP contribution >= 0.6 is 11.6 Å². The molecule has 1 aromatic carbocycles. The first-order chi connectivity index (χ1) is 9.26. The highest BCUT2D eigenvalue weighted by molar-refractivity contribution is 6.30. The molecule has 0 aliphatic heterocycles. The molecule has 108 valence electrons. The third-order valence-electron chi connectivity index (χ3n) is 2.23. The maximum Gasteiger partial charge on any atom is 0.244 e. The highest BCUT2D eigenvalue weighted by Crippen LogP contribution is 2.10. The molecule has 0 fully saturated rings. The summed E-state index contributed by atoms with van der Waals surface area (Å²) in [6.07, 6.45) is 3.04. The standard InChI is InChI=1S/C15H19ClN2O2/c1-15(2,3)18-14(20)10-17-13(19)9-6-11-4-7-12(16)8-5-11/h4-9H,10H2,1-3H3,(H,17,19)(H,18,20)/b9-6+. The summed E-state index contributed by atoms with van der Waals surface area (Å²) < 4.78 is 0. The quantitative estimate of drug-likeness (QED) is 0.838. The van der Waals surface area contributed by atoms with Crippen LogP contribution in [0.5, 0.6) is 0 Å². The Balaban J connectivity index is 2.40. The van der Waals surface area contributed by atoms with E-state index in [4.69, 9.17) is 11.6 Å². The zero-order valence-corrected chi connectivity index (χ0v) is 12.6. The average molecular weight is 295 g/mol. The van der Waals surface area contributed by atoms with E-state index in [1.54, 1.807) is 30.3 Å². The fraction of sp³-hybridized carbons (Fsp3) is 0.333. The minimum absolute atomic E-state index is 0.0406. The Morgan fingerprint density at radius 2 is 1.80 bits per heavy atom. The fourth-order valence-corrected chi connectivity index (χ4v) is 1.56. The van der Waals surface area contributed by atoms with Crippen LogP contribution in [0.2, 0.25) is 5.02 Å². The Hall–Kier alpha value is -1.81. The molecule has 1 rings (SSSR count). The summed E-state index contributed by atoms with van der Waals surface area (Å²) in [5, 5.41) is 5.93. The van der Waals surface area contributed by atoms with Gasteiger partial charge in [0.05, 0.1) is 6.54 Å². The van der Waals surface area contributed by atoms with Crippen LogP contribution < -0.4 is 10.6 Å². The van der Waals surface area contributed by atoms with Crippen molar-refractivity contribution in [2.24, 2.45) is 0 Å². The van der Waals surface area contributed by atoms with Gasteiger partial charge >= 0.3 is 0 Å². The van der Waals surface area contributed by atoms with E-state index in [0.29, 0.717) is 5.02 Å². The van der Waals surface area contributed by atoms with Gasteiger partial charge in [0.25, 0.3) is 0 Å². The van der Waals surface area contributed by atoms with Gasteiger partial charge in [-0.15, -0.1) is 0 Å². The molecule has 4 nitrogen and oxygen atoms in total. The highest BCUT2D eigenvalue weighted by atomic mass is 35.5. The molecule has 0 radical (unpaired) electrons. The predicted molar refractivity (Wildman–Crippen MR) is 81.4 cm³/mol. The number of carbonyl (C=O) groups excluding carboxylic acids is 2. The van der Waals surface area contributed by atoms with Gasteiger partial charge in [0.1, 0.15) is 0 Å². The molecule has 2 amide bonds. The summed E-state index contributed by atoms with van der Waals surface area (Å²) in [6, 6.07) is 7.10. The molecule has 20 heavy (non-hydrogen) atoms. The largest absolute Gasteiger partial charge is 0.350 e. The molecule has 0 unspecified atom stereocenters. The van der Waals surface area contributed by atoms with Crippen LogP contribution in [0.4, 0.5) is 0 Å². The second-order valence-electron chi connectivity index (χ2n) is 5.40. The Morgan fingerprint density at radius 1 is 1.20 bits per heavy atom. The van der Waals surface area contributed by atoms with Crippen molar-refractivity contribution in [2.75, 3.05) is 6.54 Å². The van der Waals surface area contributed by atoms with Gasteiger partial charge in [0.2, 0.25) is 11.8 Å². The number of carbonyl (C=O) groups is 2. The van der Waals surface area contributed by atoms with Gasteiger partial charge in [-0.05, 0) is 44.5 Å². The monoisotopic (exact) mass is 294 g/mol. The molecular formula is C15H19ClN2O2. The Labute approximate surface area is 124 Å². The van der Waals surface area contributed by atoms with E-state index in [1.807, 2.05) is 20.8 Å². The van der Waals surface area contributed by atoms with Gasteiger partial charge in [0.15, 0.2) is 0 Å². The van der Waals surface area contributed by atoms with E-state index in [2.05, 4.69) is 10.6 Å². The van der Waals surface area contributed by atoms with Crippen molar-refractivity contribution in [1.29, 1.82) is 0 Å². The number of nitrogens with one attached hydrogen (secondary N) is 2. The van der Waals surface area contributed by atoms with Gasteiger partial charge in [0, 0.05) is 16.6 Å². The smallest absolute Gasteiger partial charge is 0.244 e. The van der Waals surface area contributed by atoms with Crippen molar-refractivity contribution >= 4 is 29.5 Å². The molecule has 0 aliphatic rings. The van der Waals surface area contributed by atoms with E-state index in [-0.39, 0.29) is 23.9 Å². The van der Waals surface area contributed by atoms with Gasteiger partial charge in [-0.25, -0.2) is 0 Å². The third-order valence-corrected chi connectivity index (χ3v) is 2.49. The van der Waals surface area contributed by atoms with Crippen LogP contribution in [0.3, 0.4) is 0 Å². The number of amides is 2. The molecule has 2 N–H and O–H groups in total. The molecule has 1 aromatic rings. The molecule has 0 saturated heterocycles. The predicted octanol–water partition coefficient (Wildman–Crippen LogP) is 2.38. The number of rotatable bonds is 4. The van der Waals surface area contributed by atoms with Crippen LogP contribution in [0.1, 0.15) is 26.3 Å². The van der Waals surface area contributed by atoms with Crippen molar-refractivity contribution in [3.63, 3.8) is 0 Å². The van der Waals surface area contributed by atoms with E-state index in [0.717, 1.165) is 5.56 Å². The maximum atomic E-state index is 11.5. The normalized spacial score (nSPS) is 11.4. The molecule has 0 heterocycles. The lowest BCUT2D eigenvalue weighted by atomic mass is 10.1. The van der Waals surface area contributed by atoms with Crippen molar-refractivity contribution in [3.05, 3.63) is 40.9 Å². The lowest BCUT2D eigenvalue weighted by Crippen LogP contribution is -2.45. The molecule has 5 heteroatoms. The second-order valence-corrected chi connectivity index (χ2v) is 5.84. The summed E-state index contributed by atoms with van der Waals surface area (Å²) in [5.74, 6) is -0.533. The lowest BCUT2D eigenvalue weighted by Gasteiger charge is -2.20. The number of hydrogen-bond acceptors (Lipinski definition) is 2. The molecule has 0 atom stereocenters. The molecule has 0 saturated carbocycles. The van der Waals surface area contributed by atoms with Crippen LogP contribution in [-0.2, 0) is 9.59 Å². The van der Waals surface area contributed by atoms with Crippen molar-refractivity contribution in [1.82, 2.24) is 10.6 Å². The third kappa shape index (κ3) is 6.95. The van der Waals surface area contributed by atoms with E-state index in [9.17, 15) is 9.59 Å². The number of halogens is 1. The van der Waals surface area contributed by atoms with Gasteiger partial charge in [-0.1, -0.05) is 23.7 Å². The first-order valence-electron chi connectivity index (χ1n) is 6.29. The second kappa shape index (κ2) is 7.10. The minimum atomic E-state index is -0.316. The van der Waals surface area contributed by atoms with Crippen molar-refractivity contribution in [3.8, 4) is 0 Å². The summed E-state index contributed by atoms with van der Waals surface area (Å²) >= 11 is 5.76. The molecule has 0 aromatic heterocycles. The number of benzene rings is 1. The Kier molecular flexibility index (Phi) is 5.77.